The second-order valence-corrected chi connectivity index (χ2v) is 5.72. The topological polar surface area (TPSA) is 81.7 Å². The van der Waals surface area contributed by atoms with Crippen LogP contribution in [0.1, 0.15) is 23.2 Å². The summed E-state index contributed by atoms with van der Waals surface area (Å²) in [6.45, 7) is 0. The number of hydrogen-bond acceptors (Lipinski definition) is 6. The highest BCUT2D eigenvalue weighted by atomic mass is 16.5. The summed E-state index contributed by atoms with van der Waals surface area (Å²) in [6.07, 6.45) is 3.99. The number of anilines is 2. The molecule has 1 aliphatic rings. The van der Waals surface area contributed by atoms with Crippen LogP contribution in [0.15, 0.2) is 30.5 Å². The van der Waals surface area contributed by atoms with Crippen LogP contribution in [0.3, 0.4) is 0 Å². The molecule has 1 heterocycles. The normalized spacial score (nSPS) is 13.1. The van der Waals surface area contributed by atoms with E-state index in [1.165, 1.54) is 34.2 Å². The molecule has 3 rings (SSSR count). The van der Waals surface area contributed by atoms with E-state index < -0.39 is 0 Å². The maximum absolute atomic E-state index is 12.5. The summed E-state index contributed by atoms with van der Waals surface area (Å²) in [6, 6.07) is 7.41. The summed E-state index contributed by atoms with van der Waals surface area (Å²) in [7, 11) is 4.53. The van der Waals surface area contributed by atoms with E-state index in [1.54, 1.807) is 18.3 Å². The molecule has 1 aromatic carbocycles. The van der Waals surface area contributed by atoms with Crippen LogP contribution in [0.5, 0.6) is 17.2 Å². The molecule has 2 aromatic rings. The third kappa shape index (κ3) is 3.93. The number of rotatable bonds is 7. The Labute approximate surface area is 146 Å². The molecule has 132 valence electrons. The van der Waals surface area contributed by atoms with Crippen molar-refractivity contribution in [2.45, 2.75) is 18.9 Å². The van der Waals surface area contributed by atoms with Crippen LogP contribution >= 0.6 is 0 Å². The van der Waals surface area contributed by atoms with E-state index in [1.807, 2.05) is 12.1 Å². The smallest absolute Gasteiger partial charge is 0.255 e. The first kappa shape index (κ1) is 16.9. The van der Waals surface area contributed by atoms with Crippen LogP contribution < -0.4 is 24.8 Å². The Morgan fingerprint density at radius 2 is 1.76 bits per heavy atom. The van der Waals surface area contributed by atoms with Crippen molar-refractivity contribution >= 4 is 17.4 Å². The minimum absolute atomic E-state index is 0.288. The molecular formula is C18H21N3O4. The van der Waals surface area contributed by atoms with Crippen LogP contribution in [-0.4, -0.2) is 38.3 Å². The van der Waals surface area contributed by atoms with Crippen molar-refractivity contribution in [1.29, 1.82) is 0 Å². The number of nitrogens with one attached hydrogen (secondary N) is 2. The van der Waals surface area contributed by atoms with Crippen molar-refractivity contribution in [3.8, 4) is 17.2 Å². The molecular weight excluding hydrogens is 322 g/mol. The highest BCUT2D eigenvalue weighted by molar-refractivity contribution is 6.05. The Hall–Kier alpha value is -2.96. The minimum Gasteiger partial charge on any atom is -0.493 e. The molecule has 0 unspecified atom stereocenters. The van der Waals surface area contributed by atoms with Crippen LogP contribution in [0.25, 0.3) is 0 Å². The van der Waals surface area contributed by atoms with Crippen LogP contribution in [0.2, 0.25) is 0 Å². The van der Waals surface area contributed by atoms with Gasteiger partial charge in [-0.15, -0.1) is 0 Å². The predicted octanol–water partition coefficient (Wildman–Crippen LogP) is 2.93. The van der Waals surface area contributed by atoms with Crippen molar-refractivity contribution in [2.75, 3.05) is 32.0 Å². The zero-order valence-corrected chi connectivity index (χ0v) is 14.5. The molecule has 7 nitrogen and oxygen atoms in total. The van der Waals surface area contributed by atoms with E-state index >= 15 is 0 Å². The van der Waals surface area contributed by atoms with Crippen LogP contribution in [-0.2, 0) is 0 Å². The lowest BCUT2D eigenvalue weighted by atomic mass is 10.1. The van der Waals surface area contributed by atoms with Gasteiger partial charge in [-0.3, -0.25) is 4.79 Å². The standard InChI is InChI=1S/C18H21N3O4/c1-23-14-8-11(9-15(24-2)17(14)25-3)18(22)21-13-6-7-16(19-10-13)20-12-4-5-12/h6-10,12H,4-5H2,1-3H3,(H,19,20)(H,21,22). The van der Waals surface area contributed by atoms with Gasteiger partial charge < -0.3 is 24.8 Å². The van der Waals surface area contributed by atoms with Gasteiger partial charge in [0.1, 0.15) is 5.82 Å². The lowest BCUT2D eigenvalue weighted by Crippen LogP contribution is -2.13. The van der Waals surface area contributed by atoms with Gasteiger partial charge >= 0.3 is 0 Å². The molecule has 1 saturated carbocycles. The number of nitrogens with zero attached hydrogens (tertiary/aromatic N) is 1. The highest BCUT2D eigenvalue weighted by Gasteiger charge is 2.21. The summed E-state index contributed by atoms with van der Waals surface area (Å²) in [5.41, 5.74) is 1.01. The first-order valence-electron chi connectivity index (χ1n) is 7.98. The summed E-state index contributed by atoms with van der Waals surface area (Å²) >= 11 is 0. The molecule has 2 N–H and O–H groups in total. The third-order valence-corrected chi connectivity index (χ3v) is 3.88. The van der Waals surface area contributed by atoms with Crippen molar-refractivity contribution in [2.24, 2.45) is 0 Å². The number of amides is 1. The Balaban J connectivity index is 1.75. The lowest BCUT2D eigenvalue weighted by molar-refractivity contribution is 0.102. The minimum atomic E-state index is -0.288. The van der Waals surface area contributed by atoms with E-state index in [0.29, 0.717) is 34.5 Å². The quantitative estimate of drug-likeness (QED) is 0.804. The molecule has 0 radical (unpaired) electrons. The van der Waals surface area contributed by atoms with Gasteiger partial charge in [0.15, 0.2) is 11.5 Å². The molecule has 1 aliphatic carbocycles. The van der Waals surface area contributed by atoms with E-state index in [0.717, 1.165) is 5.82 Å². The van der Waals surface area contributed by atoms with Gasteiger partial charge in [0.25, 0.3) is 5.91 Å². The molecule has 0 spiro atoms. The zero-order chi connectivity index (χ0) is 17.8. The van der Waals surface area contributed by atoms with Gasteiger partial charge in [-0.25, -0.2) is 4.98 Å². The molecule has 25 heavy (non-hydrogen) atoms. The molecule has 0 atom stereocenters. The largest absolute Gasteiger partial charge is 0.493 e. The molecule has 7 heteroatoms. The van der Waals surface area contributed by atoms with Crippen LogP contribution in [0.4, 0.5) is 11.5 Å². The van der Waals surface area contributed by atoms with Crippen molar-refractivity contribution in [1.82, 2.24) is 4.98 Å². The second-order valence-electron chi connectivity index (χ2n) is 5.72. The van der Waals surface area contributed by atoms with Gasteiger partial charge in [0.05, 0.1) is 33.2 Å². The SMILES string of the molecule is COc1cc(C(=O)Nc2ccc(NC3CC3)nc2)cc(OC)c1OC. The third-order valence-electron chi connectivity index (χ3n) is 3.88. The molecule has 0 bridgehead atoms. The number of ether oxygens (including phenoxy) is 3. The fraction of sp³-hybridized carbons (Fsp3) is 0.333. The number of carbonyl (C=O) groups is 1. The predicted molar refractivity (Wildman–Crippen MR) is 94.9 cm³/mol. The van der Waals surface area contributed by atoms with Gasteiger partial charge in [0, 0.05) is 11.6 Å². The summed E-state index contributed by atoms with van der Waals surface area (Å²) < 4.78 is 15.8. The first-order chi connectivity index (χ1) is 12.1. The van der Waals surface area contributed by atoms with Gasteiger partial charge in [-0.05, 0) is 37.1 Å². The van der Waals surface area contributed by atoms with E-state index in [-0.39, 0.29) is 5.91 Å². The Morgan fingerprint density at radius 1 is 1.08 bits per heavy atom. The summed E-state index contributed by atoms with van der Waals surface area (Å²) in [4.78, 5) is 16.8. The molecule has 1 amide bonds. The highest BCUT2D eigenvalue weighted by Crippen LogP contribution is 2.38. The maximum Gasteiger partial charge on any atom is 0.255 e. The van der Waals surface area contributed by atoms with Gasteiger partial charge in [-0.2, -0.15) is 0 Å². The number of carbonyl (C=O) groups excluding carboxylic acids is 1. The molecule has 0 aliphatic heterocycles. The zero-order valence-electron chi connectivity index (χ0n) is 14.5. The van der Waals surface area contributed by atoms with Crippen molar-refractivity contribution < 1.29 is 19.0 Å². The summed E-state index contributed by atoms with van der Waals surface area (Å²) in [5, 5.41) is 6.11. The Bertz CT molecular complexity index is 732. The molecule has 1 fully saturated rings. The van der Waals surface area contributed by atoms with E-state index in [4.69, 9.17) is 14.2 Å². The number of pyridine rings is 1. The van der Waals surface area contributed by atoms with Crippen molar-refractivity contribution in [3.63, 3.8) is 0 Å². The van der Waals surface area contributed by atoms with Gasteiger partial charge in [-0.1, -0.05) is 0 Å². The number of aromatic nitrogens is 1. The Morgan fingerprint density at radius 3 is 2.24 bits per heavy atom. The average Bonchev–Trinajstić information content (AvgIpc) is 3.45. The fourth-order valence-corrected chi connectivity index (χ4v) is 2.41. The van der Waals surface area contributed by atoms with Crippen LogP contribution in [0, 0.1) is 0 Å². The van der Waals surface area contributed by atoms with E-state index in [9.17, 15) is 4.79 Å². The number of methoxy groups -OCH3 is 3. The first-order valence-corrected chi connectivity index (χ1v) is 7.98. The monoisotopic (exact) mass is 343 g/mol. The fourth-order valence-electron chi connectivity index (χ4n) is 2.41. The van der Waals surface area contributed by atoms with Gasteiger partial charge in [0.2, 0.25) is 5.75 Å². The number of benzene rings is 1. The molecule has 0 saturated heterocycles. The number of hydrogen-bond donors (Lipinski definition) is 2. The average molecular weight is 343 g/mol. The maximum atomic E-state index is 12.5. The van der Waals surface area contributed by atoms with Crippen molar-refractivity contribution in [3.05, 3.63) is 36.0 Å². The second kappa shape index (κ2) is 7.29. The lowest BCUT2D eigenvalue weighted by Gasteiger charge is -2.14. The van der Waals surface area contributed by atoms with E-state index in [2.05, 4.69) is 15.6 Å². The summed E-state index contributed by atoms with van der Waals surface area (Å²) in [5.74, 6) is 1.82. The molecule has 1 aromatic heterocycles. The Kier molecular flexibility index (Phi) is 4.92.